The highest BCUT2D eigenvalue weighted by Crippen LogP contribution is 2.09. The van der Waals surface area contributed by atoms with Crippen molar-refractivity contribution in [1.82, 2.24) is 5.16 Å². The van der Waals surface area contributed by atoms with Crippen LogP contribution in [0.1, 0.15) is 24.6 Å². The third-order valence-corrected chi connectivity index (χ3v) is 1.67. The lowest BCUT2D eigenvalue weighted by atomic mass is 10.1. The Morgan fingerprint density at radius 2 is 2.50 bits per heavy atom. The van der Waals surface area contributed by atoms with E-state index in [4.69, 9.17) is 9.63 Å². The van der Waals surface area contributed by atoms with Crippen LogP contribution in [0.2, 0.25) is 0 Å². The molecule has 1 aromatic heterocycles. The summed E-state index contributed by atoms with van der Waals surface area (Å²) in [5.41, 5.74) is 1.76. The predicted octanol–water partition coefficient (Wildman–Crippen LogP) is 1.25. The number of hydrogen-bond donors (Lipinski definition) is 1. The fraction of sp³-hybridized carbons (Fsp3) is 0.500. The smallest absolute Gasteiger partial charge is 0.303 e. The predicted molar refractivity (Wildman–Crippen MR) is 41.8 cm³/mol. The van der Waals surface area contributed by atoms with Crippen molar-refractivity contribution in [2.75, 3.05) is 0 Å². The molecule has 0 atom stereocenters. The van der Waals surface area contributed by atoms with Crippen LogP contribution < -0.4 is 0 Å². The number of aliphatic carboxylic acids is 1. The number of carboxylic acids is 1. The molecule has 0 aromatic carbocycles. The molecule has 0 aliphatic rings. The summed E-state index contributed by atoms with van der Waals surface area (Å²) in [5, 5.41) is 12.2. The molecule has 66 valence electrons. The summed E-state index contributed by atoms with van der Waals surface area (Å²) in [6.45, 7) is 1.96. The molecule has 4 heteroatoms. The first-order chi connectivity index (χ1) is 5.74. The van der Waals surface area contributed by atoms with E-state index in [0.717, 1.165) is 17.7 Å². The Morgan fingerprint density at radius 1 is 1.75 bits per heavy atom. The van der Waals surface area contributed by atoms with Gasteiger partial charge in [0.05, 0.1) is 5.69 Å². The van der Waals surface area contributed by atoms with Crippen LogP contribution in [0.25, 0.3) is 0 Å². The Hall–Kier alpha value is -1.32. The summed E-state index contributed by atoms with van der Waals surface area (Å²) >= 11 is 0. The third kappa shape index (κ3) is 2.08. The lowest BCUT2D eigenvalue weighted by molar-refractivity contribution is -0.136. The average Bonchev–Trinajstić information content (AvgIpc) is 2.47. The maximum atomic E-state index is 10.2. The van der Waals surface area contributed by atoms with E-state index in [-0.39, 0.29) is 6.42 Å². The normalized spacial score (nSPS) is 10.1. The van der Waals surface area contributed by atoms with Crippen LogP contribution in [0.5, 0.6) is 0 Å². The molecule has 0 aliphatic carbocycles. The van der Waals surface area contributed by atoms with Crippen molar-refractivity contribution in [1.29, 1.82) is 0 Å². The maximum absolute atomic E-state index is 10.2. The highest BCUT2D eigenvalue weighted by molar-refractivity contribution is 5.67. The number of aromatic nitrogens is 1. The standard InChI is InChI=1S/C8H11NO3/c1-2-7-6(5-12-9-7)3-4-8(10)11/h5H,2-4H2,1H3,(H,10,11). The second-order valence-electron chi connectivity index (χ2n) is 2.53. The number of nitrogens with zero attached hydrogens (tertiary/aromatic N) is 1. The minimum atomic E-state index is -0.793. The molecule has 0 spiro atoms. The quantitative estimate of drug-likeness (QED) is 0.736. The van der Waals surface area contributed by atoms with Crippen molar-refractivity contribution in [3.8, 4) is 0 Å². The summed E-state index contributed by atoms with van der Waals surface area (Å²) in [6, 6.07) is 0. The van der Waals surface area contributed by atoms with Gasteiger partial charge < -0.3 is 9.63 Å². The van der Waals surface area contributed by atoms with E-state index in [1.54, 1.807) is 0 Å². The van der Waals surface area contributed by atoms with Gasteiger partial charge in [0.15, 0.2) is 0 Å². The summed E-state index contributed by atoms with van der Waals surface area (Å²) in [6.07, 6.45) is 2.93. The SMILES string of the molecule is CCc1nocc1CCC(=O)O. The van der Waals surface area contributed by atoms with Crippen LogP contribution in [-0.4, -0.2) is 16.2 Å². The van der Waals surface area contributed by atoms with E-state index in [0.29, 0.717) is 6.42 Å². The van der Waals surface area contributed by atoms with Crippen LogP contribution in [-0.2, 0) is 17.6 Å². The van der Waals surface area contributed by atoms with Crippen LogP contribution in [0, 0.1) is 0 Å². The highest BCUT2D eigenvalue weighted by Gasteiger charge is 2.06. The van der Waals surface area contributed by atoms with Gasteiger partial charge in [-0.3, -0.25) is 4.79 Å². The van der Waals surface area contributed by atoms with Crippen LogP contribution in [0.3, 0.4) is 0 Å². The molecule has 1 aromatic rings. The topological polar surface area (TPSA) is 63.3 Å². The van der Waals surface area contributed by atoms with E-state index >= 15 is 0 Å². The lowest BCUT2D eigenvalue weighted by Gasteiger charge is -1.94. The van der Waals surface area contributed by atoms with E-state index in [1.807, 2.05) is 6.92 Å². The molecule has 1 rings (SSSR count). The number of carbonyl (C=O) groups is 1. The van der Waals surface area contributed by atoms with Crippen LogP contribution >= 0.6 is 0 Å². The minimum absolute atomic E-state index is 0.133. The van der Waals surface area contributed by atoms with E-state index < -0.39 is 5.97 Å². The fourth-order valence-electron chi connectivity index (χ4n) is 1.02. The van der Waals surface area contributed by atoms with Gasteiger partial charge in [0.2, 0.25) is 0 Å². The van der Waals surface area contributed by atoms with Crippen molar-refractivity contribution >= 4 is 5.97 Å². The summed E-state index contributed by atoms with van der Waals surface area (Å²) in [4.78, 5) is 10.2. The van der Waals surface area contributed by atoms with Gasteiger partial charge in [0, 0.05) is 12.0 Å². The van der Waals surface area contributed by atoms with Gasteiger partial charge in [-0.05, 0) is 12.8 Å². The zero-order valence-corrected chi connectivity index (χ0v) is 6.91. The second kappa shape index (κ2) is 3.90. The Balaban J connectivity index is 2.56. The molecule has 0 unspecified atom stereocenters. The molecule has 4 nitrogen and oxygen atoms in total. The molecule has 0 aliphatic heterocycles. The summed E-state index contributed by atoms with van der Waals surface area (Å²) in [7, 11) is 0. The number of rotatable bonds is 4. The number of aryl methyl sites for hydroxylation is 2. The zero-order valence-electron chi connectivity index (χ0n) is 6.91. The summed E-state index contributed by atoms with van der Waals surface area (Å²) in [5.74, 6) is -0.793. The maximum Gasteiger partial charge on any atom is 0.303 e. The molecule has 0 saturated carbocycles. The first kappa shape index (κ1) is 8.77. The lowest BCUT2D eigenvalue weighted by Crippen LogP contribution is -1.98. The Morgan fingerprint density at radius 3 is 3.08 bits per heavy atom. The van der Waals surface area contributed by atoms with Crippen molar-refractivity contribution in [2.24, 2.45) is 0 Å². The largest absolute Gasteiger partial charge is 0.481 e. The molecule has 1 N–H and O–H groups in total. The molecule has 0 amide bonds. The molecular formula is C8H11NO3. The molecule has 0 bridgehead atoms. The van der Waals surface area contributed by atoms with E-state index in [1.165, 1.54) is 6.26 Å². The van der Waals surface area contributed by atoms with Gasteiger partial charge >= 0.3 is 5.97 Å². The Kier molecular flexibility index (Phi) is 2.85. The van der Waals surface area contributed by atoms with Crippen LogP contribution in [0.4, 0.5) is 0 Å². The van der Waals surface area contributed by atoms with Crippen molar-refractivity contribution < 1.29 is 14.4 Å². The van der Waals surface area contributed by atoms with Gasteiger partial charge in [-0.2, -0.15) is 0 Å². The number of carboxylic acid groups (broad SMARTS) is 1. The van der Waals surface area contributed by atoms with Crippen molar-refractivity contribution in [2.45, 2.75) is 26.2 Å². The zero-order chi connectivity index (χ0) is 8.97. The van der Waals surface area contributed by atoms with Gasteiger partial charge in [-0.1, -0.05) is 12.1 Å². The fourth-order valence-corrected chi connectivity index (χ4v) is 1.02. The third-order valence-electron chi connectivity index (χ3n) is 1.67. The van der Waals surface area contributed by atoms with Gasteiger partial charge in [0.1, 0.15) is 6.26 Å². The van der Waals surface area contributed by atoms with Crippen molar-refractivity contribution in [3.05, 3.63) is 17.5 Å². The Labute approximate surface area is 70.2 Å². The van der Waals surface area contributed by atoms with Crippen molar-refractivity contribution in [3.63, 3.8) is 0 Å². The second-order valence-corrected chi connectivity index (χ2v) is 2.53. The minimum Gasteiger partial charge on any atom is -0.481 e. The average molecular weight is 169 g/mol. The molecule has 1 heterocycles. The summed E-state index contributed by atoms with van der Waals surface area (Å²) < 4.78 is 4.73. The van der Waals surface area contributed by atoms with E-state index in [9.17, 15) is 4.79 Å². The first-order valence-electron chi connectivity index (χ1n) is 3.88. The van der Waals surface area contributed by atoms with Gasteiger partial charge in [-0.15, -0.1) is 0 Å². The highest BCUT2D eigenvalue weighted by atomic mass is 16.5. The first-order valence-corrected chi connectivity index (χ1v) is 3.88. The molecule has 0 fully saturated rings. The van der Waals surface area contributed by atoms with Crippen LogP contribution in [0.15, 0.2) is 10.8 Å². The Bertz CT molecular complexity index is 267. The molecule has 0 radical (unpaired) electrons. The molecule has 12 heavy (non-hydrogen) atoms. The van der Waals surface area contributed by atoms with E-state index in [2.05, 4.69) is 5.16 Å². The van der Waals surface area contributed by atoms with Gasteiger partial charge in [-0.25, -0.2) is 0 Å². The monoisotopic (exact) mass is 169 g/mol. The van der Waals surface area contributed by atoms with Gasteiger partial charge in [0.25, 0.3) is 0 Å². The molecule has 0 saturated heterocycles. The molecular weight excluding hydrogens is 158 g/mol. The number of hydrogen-bond acceptors (Lipinski definition) is 3.